The number of rotatable bonds is 1. The van der Waals surface area contributed by atoms with Crippen LogP contribution in [0.15, 0.2) is 12.7 Å². The second kappa shape index (κ2) is 2.17. The minimum absolute atomic E-state index is 0.981. The van der Waals surface area contributed by atoms with E-state index in [9.17, 15) is 0 Å². The highest BCUT2D eigenvalue weighted by Gasteiger charge is 1.99. The third-order valence-corrected chi connectivity index (χ3v) is 1.16. The molecular weight excluding hydrogens is 129 g/mol. The lowest BCUT2D eigenvalue weighted by Crippen LogP contribution is -1.88. The van der Waals surface area contributed by atoms with E-state index in [-0.39, 0.29) is 0 Å². The third kappa shape index (κ3) is 1.01. The van der Waals surface area contributed by atoms with Gasteiger partial charge >= 0.3 is 8.53 Å². The molecule has 0 atom stereocenters. The van der Waals surface area contributed by atoms with Crippen LogP contribution in [0.5, 0.6) is 0 Å². The quantitative estimate of drug-likeness (QED) is 0.499. The van der Waals surface area contributed by atoms with E-state index in [4.69, 9.17) is 9.79 Å². The summed E-state index contributed by atoms with van der Waals surface area (Å²) in [5.41, 5.74) is 0. The van der Waals surface area contributed by atoms with Gasteiger partial charge < -0.3 is 9.79 Å². The third-order valence-electron chi connectivity index (χ3n) is 0.590. The summed E-state index contributed by atoms with van der Waals surface area (Å²) in [5, 5.41) is 3.45. The molecule has 0 aliphatic carbocycles. The molecule has 0 radical (unpaired) electrons. The molecule has 1 aromatic rings. The summed E-state index contributed by atoms with van der Waals surface area (Å²) in [7, 11) is -2.12. The van der Waals surface area contributed by atoms with E-state index in [2.05, 4.69) is 10.1 Å². The van der Waals surface area contributed by atoms with Gasteiger partial charge in [-0.25, -0.2) is 4.98 Å². The summed E-state index contributed by atoms with van der Waals surface area (Å²) >= 11 is 0. The summed E-state index contributed by atoms with van der Waals surface area (Å²) in [4.78, 5) is 20.3. The standard InChI is InChI=1S/C2H4N3O2P/c6-8(7)5-2-3-1-4-5/h1-2,6-7H. The van der Waals surface area contributed by atoms with Crippen molar-refractivity contribution in [2.75, 3.05) is 0 Å². The van der Waals surface area contributed by atoms with Crippen molar-refractivity contribution >= 4 is 8.53 Å². The van der Waals surface area contributed by atoms with Crippen molar-refractivity contribution in [3.63, 3.8) is 0 Å². The molecule has 0 saturated heterocycles. The molecule has 1 rings (SSSR count). The zero-order valence-electron chi connectivity index (χ0n) is 3.84. The molecule has 5 nitrogen and oxygen atoms in total. The number of nitrogens with zero attached hydrogens (tertiary/aromatic N) is 3. The Morgan fingerprint density at radius 2 is 2.25 bits per heavy atom. The summed E-state index contributed by atoms with van der Waals surface area (Å²) in [6.45, 7) is 0. The Bertz CT molecular complexity index is 150. The zero-order valence-corrected chi connectivity index (χ0v) is 4.73. The molecule has 44 valence electrons. The Kier molecular flexibility index (Phi) is 1.53. The van der Waals surface area contributed by atoms with E-state index in [1.165, 1.54) is 12.7 Å². The van der Waals surface area contributed by atoms with Gasteiger partial charge in [-0.15, -0.1) is 0 Å². The second-order valence-corrected chi connectivity index (χ2v) is 2.03. The smallest absolute Gasteiger partial charge is 0.307 e. The van der Waals surface area contributed by atoms with Crippen LogP contribution in [0, 0.1) is 0 Å². The van der Waals surface area contributed by atoms with Crippen molar-refractivity contribution in [3.05, 3.63) is 12.7 Å². The average Bonchev–Trinajstić information content (AvgIpc) is 2.12. The van der Waals surface area contributed by atoms with Crippen molar-refractivity contribution in [2.45, 2.75) is 0 Å². The van der Waals surface area contributed by atoms with Crippen molar-refractivity contribution in [3.8, 4) is 0 Å². The zero-order chi connectivity index (χ0) is 5.98. The van der Waals surface area contributed by atoms with E-state index < -0.39 is 8.53 Å². The van der Waals surface area contributed by atoms with Crippen LogP contribution in [-0.4, -0.2) is 24.3 Å². The second-order valence-electron chi connectivity index (χ2n) is 1.08. The fourth-order valence-electron chi connectivity index (χ4n) is 0.294. The Balaban J connectivity index is 2.77. The molecule has 0 fully saturated rings. The predicted molar refractivity (Wildman–Crippen MR) is 26.8 cm³/mol. The van der Waals surface area contributed by atoms with Crippen LogP contribution in [0.3, 0.4) is 0 Å². The van der Waals surface area contributed by atoms with E-state index in [0.29, 0.717) is 0 Å². The van der Waals surface area contributed by atoms with Gasteiger partial charge in [0.2, 0.25) is 0 Å². The normalized spacial score (nSPS) is 10.4. The first-order chi connectivity index (χ1) is 3.80. The molecule has 0 aliphatic rings. The van der Waals surface area contributed by atoms with Crippen molar-refractivity contribution in [2.24, 2.45) is 0 Å². The minimum atomic E-state index is -2.12. The van der Waals surface area contributed by atoms with Crippen LogP contribution in [0.1, 0.15) is 0 Å². The Labute approximate surface area is 46.6 Å². The highest BCUT2D eigenvalue weighted by Crippen LogP contribution is 2.22. The molecule has 0 aromatic carbocycles. The van der Waals surface area contributed by atoms with Gasteiger partial charge in [0, 0.05) is 0 Å². The molecular formula is C2H4N3O2P. The lowest BCUT2D eigenvalue weighted by molar-refractivity contribution is 0.462. The molecule has 0 saturated carbocycles. The van der Waals surface area contributed by atoms with Gasteiger partial charge in [0.05, 0.1) is 0 Å². The van der Waals surface area contributed by atoms with E-state index in [0.717, 1.165) is 4.45 Å². The highest BCUT2D eigenvalue weighted by molar-refractivity contribution is 7.43. The first-order valence-electron chi connectivity index (χ1n) is 1.83. The first kappa shape index (κ1) is 5.62. The molecule has 2 N–H and O–H groups in total. The molecule has 0 spiro atoms. The van der Waals surface area contributed by atoms with Gasteiger partial charge in [-0.1, -0.05) is 0 Å². The maximum absolute atomic E-state index is 8.39. The highest BCUT2D eigenvalue weighted by atomic mass is 31.2. The van der Waals surface area contributed by atoms with Gasteiger partial charge in [-0.2, -0.15) is 9.55 Å². The lowest BCUT2D eigenvalue weighted by atomic mass is 11.3. The van der Waals surface area contributed by atoms with Crippen molar-refractivity contribution in [1.82, 2.24) is 14.5 Å². The Hall–Kier alpha value is -0.510. The van der Waals surface area contributed by atoms with Crippen LogP contribution in [0.25, 0.3) is 0 Å². The molecule has 1 heterocycles. The number of hydrogen-bond donors (Lipinski definition) is 2. The molecule has 0 unspecified atom stereocenters. The maximum atomic E-state index is 8.39. The average molecular weight is 133 g/mol. The van der Waals surface area contributed by atoms with Crippen LogP contribution >= 0.6 is 8.53 Å². The number of hydrogen-bond acceptors (Lipinski definition) is 4. The summed E-state index contributed by atoms with van der Waals surface area (Å²) in [6.07, 6.45) is 2.48. The number of aromatic nitrogens is 3. The topological polar surface area (TPSA) is 71.2 Å². The van der Waals surface area contributed by atoms with E-state index in [1.54, 1.807) is 0 Å². The molecule has 8 heavy (non-hydrogen) atoms. The van der Waals surface area contributed by atoms with Crippen LogP contribution in [-0.2, 0) is 0 Å². The largest absolute Gasteiger partial charge is 0.332 e. The first-order valence-corrected chi connectivity index (χ1v) is 3.03. The van der Waals surface area contributed by atoms with Crippen molar-refractivity contribution < 1.29 is 9.79 Å². The van der Waals surface area contributed by atoms with Crippen LogP contribution in [0.2, 0.25) is 0 Å². The van der Waals surface area contributed by atoms with Crippen LogP contribution < -0.4 is 0 Å². The minimum Gasteiger partial charge on any atom is -0.332 e. The molecule has 0 bridgehead atoms. The van der Waals surface area contributed by atoms with Gasteiger partial charge in [0.1, 0.15) is 12.7 Å². The Morgan fingerprint density at radius 3 is 2.50 bits per heavy atom. The predicted octanol–water partition coefficient (Wildman–Crippen LogP) is -0.662. The van der Waals surface area contributed by atoms with Gasteiger partial charge in [0.25, 0.3) is 0 Å². The summed E-state index contributed by atoms with van der Waals surface area (Å²) in [6, 6.07) is 0. The summed E-state index contributed by atoms with van der Waals surface area (Å²) < 4.78 is 0.981. The van der Waals surface area contributed by atoms with Gasteiger partial charge in [-0.3, -0.25) is 0 Å². The SMILES string of the molecule is OP(O)n1cncn1. The van der Waals surface area contributed by atoms with Gasteiger partial charge in [0.15, 0.2) is 0 Å². The molecule has 0 aliphatic heterocycles. The molecule has 6 heteroatoms. The van der Waals surface area contributed by atoms with Gasteiger partial charge in [-0.05, 0) is 0 Å². The van der Waals surface area contributed by atoms with E-state index in [1.807, 2.05) is 0 Å². The fraction of sp³-hybridized carbons (Fsp3) is 0. The monoisotopic (exact) mass is 133 g/mol. The summed E-state index contributed by atoms with van der Waals surface area (Å²) in [5.74, 6) is 0. The maximum Gasteiger partial charge on any atom is 0.307 e. The molecule has 0 amide bonds. The Morgan fingerprint density at radius 1 is 1.50 bits per heavy atom. The fourth-order valence-corrected chi connectivity index (χ4v) is 0.585. The van der Waals surface area contributed by atoms with Crippen LogP contribution in [0.4, 0.5) is 0 Å². The van der Waals surface area contributed by atoms with E-state index >= 15 is 0 Å². The molecule has 1 aromatic heterocycles. The van der Waals surface area contributed by atoms with Crippen molar-refractivity contribution in [1.29, 1.82) is 0 Å². The lowest BCUT2D eigenvalue weighted by Gasteiger charge is -1.95.